The van der Waals surface area contributed by atoms with Gasteiger partial charge in [0.1, 0.15) is 5.82 Å². The highest BCUT2D eigenvalue weighted by Crippen LogP contribution is 2.23. The second-order valence-electron chi connectivity index (χ2n) is 3.95. The van der Waals surface area contributed by atoms with Crippen LogP contribution in [-0.4, -0.2) is 4.98 Å². The molecule has 0 fully saturated rings. The Balaban J connectivity index is 1.99. The second kappa shape index (κ2) is 6.41. The number of nitrogens with one attached hydrogen (secondary N) is 1. The van der Waals surface area contributed by atoms with Crippen LogP contribution in [0.5, 0.6) is 0 Å². The Labute approximate surface area is 118 Å². The predicted molar refractivity (Wildman–Crippen MR) is 76.1 cm³/mol. The zero-order valence-corrected chi connectivity index (χ0v) is 12.4. The molecular weight excluding hydrogens is 315 g/mol. The minimum atomic E-state index is -0.296. The summed E-state index contributed by atoms with van der Waals surface area (Å²) < 4.78 is 14.0. The average Bonchev–Trinajstić information content (AvgIpc) is 2.78. The largest absolute Gasteiger partial charge is 0.304 e. The Hall–Kier alpha value is -0.780. The van der Waals surface area contributed by atoms with Gasteiger partial charge in [0.2, 0.25) is 0 Å². The van der Waals surface area contributed by atoms with Crippen molar-refractivity contribution >= 4 is 27.3 Å². The molecule has 2 nitrogen and oxygen atoms in total. The molecule has 0 radical (unpaired) electrons. The Kier molecular flexibility index (Phi) is 4.86. The summed E-state index contributed by atoms with van der Waals surface area (Å²) in [6.45, 7) is 2.89. The molecule has 0 aliphatic carbocycles. The molecule has 2 aromatic heterocycles. The summed E-state index contributed by atoms with van der Waals surface area (Å²) >= 11 is 5.16. The van der Waals surface area contributed by atoms with E-state index >= 15 is 0 Å². The fraction of sp³-hybridized carbons (Fsp3) is 0.308. The number of aromatic nitrogens is 1. The number of halogens is 2. The van der Waals surface area contributed by atoms with Gasteiger partial charge in [-0.1, -0.05) is 6.92 Å². The zero-order valence-electron chi connectivity index (χ0n) is 9.99. The molecule has 1 atom stereocenters. The van der Waals surface area contributed by atoms with Crippen molar-refractivity contribution in [2.45, 2.75) is 25.9 Å². The summed E-state index contributed by atoms with van der Waals surface area (Å²) in [5, 5.41) is 3.44. The molecule has 18 heavy (non-hydrogen) atoms. The van der Waals surface area contributed by atoms with Crippen molar-refractivity contribution in [1.29, 1.82) is 0 Å². The molecule has 2 heterocycles. The molecule has 0 amide bonds. The van der Waals surface area contributed by atoms with Crippen molar-refractivity contribution in [2.24, 2.45) is 0 Å². The lowest BCUT2D eigenvalue weighted by Gasteiger charge is -2.15. The third-order valence-electron chi connectivity index (χ3n) is 2.67. The van der Waals surface area contributed by atoms with E-state index in [1.54, 1.807) is 17.4 Å². The molecule has 1 unspecified atom stereocenters. The Bertz CT molecular complexity index is 498. The van der Waals surface area contributed by atoms with Crippen LogP contribution in [0.25, 0.3) is 0 Å². The predicted octanol–water partition coefficient (Wildman–Crippen LogP) is 4.29. The number of thiophene rings is 1. The standard InChI is InChI=1S/C13H14BrFN2S/c1-2-11(12-5-3-9(15)7-16-12)17-8-10-4-6-13(14)18-10/h3-7,11,17H,2,8H2,1H3. The van der Waals surface area contributed by atoms with Gasteiger partial charge in [0.15, 0.2) is 0 Å². The monoisotopic (exact) mass is 328 g/mol. The Morgan fingerprint density at radius 3 is 2.78 bits per heavy atom. The number of nitrogens with zero attached hydrogens (tertiary/aromatic N) is 1. The van der Waals surface area contributed by atoms with E-state index in [-0.39, 0.29) is 11.9 Å². The highest BCUT2D eigenvalue weighted by atomic mass is 79.9. The number of pyridine rings is 1. The maximum absolute atomic E-state index is 12.8. The fourth-order valence-electron chi connectivity index (χ4n) is 1.72. The van der Waals surface area contributed by atoms with Gasteiger partial charge in [0.25, 0.3) is 0 Å². The lowest BCUT2D eigenvalue weighted by atomic mass is 10.1. The fourth-order valence-corrected chi connectivity index (χ4v) is 3.16. The van der Waals surface area contributed by atoms with Crippen LogP contribution in [-0.2, 0) is 6.54 Å². The van der Waals surface area contributed by atoms with Gasteiger partial charge >= 0.3 is 0 Å². The summed E-state index contributed by atoms with van der Waals surface area (Å²) in [7, 11) is 0. The van der Waals surface area contributed by atoms with E-state index in [0.29, 0.717) is 0 Å². The molecule has 0 aliphatic rings. The van der Waals surface area contributed by atoms with Crippen LogP contribution < -0.4 is 5.32 Å². The summed E-state index contributed by atoms with van der Waals surface area (Å²) in [5.41, 5.74) is 0.884. The van der Waals surface area contributed by atoms with E-state index in [0.717, 1.165) is 22.4 Å². The van der Waals surface area contributed by atoms with E-state index < -0.39 is 0 Å². The molecule has 0 spiro atoms. The summed E-state index contributed by atoms with van der Waals surface area (Å²) in [5.74, 6) is -0.296. The van der Waals surface area contributed by atoms with E-state index in [4.69, 9.17) is 0 Å². The van der Waals surface area contributed by atoms with Crippen LogP contribution in [0.15, 0.2) is 34.2 Å². The third kappa shape index (κ3) is 3.60. The molecule has 0 aliphatic heterocycles. The Morgan fingerprint density at radius 2 is 2.22 bits per heavy atom. The first-order valence-electron chi connectivity index (χ1n) is 5.78. The second-order valence-corrected chi connectivity index (χ2v) is 6.50. The van der Waals surface area contributed by atoms with Crippen LogP contribution in [0.1, 0.15) is 30.0 Å². The smallest absolute Gasteiger partial charge is 0.141 e. The van der Waals surface area contributed by atoms with Gasteiger partial charge in [0, 0.05) is 17.5 Å². The average molecular weight is 329 g/mol. The van der Waals surface area contributed by atoms with Crippen LogP contribution in [0.4, 0.5) is 4.39 Å². The topological polar surface area (TPSA) is 24.9 Å². The third-order valence-corrected chi connectivity index (χ3v) is 4.29. The maximum atomic E-state index is 12.8. The van der Waals surface area contributed by atoms with Gasteiger partial charge in [-0.25, -0.2) is 4.39 Å². The van der Waals surface area contributed by atoms with Gasteiger partial charge in [0.05, 0.1) is 15.7 Å². The molecule has 0 saturated carbocycles. The summed E-state index contributed by atoms with van der Waals surface area (Å²) in [6.07, 6.45) is 2.19. The van der Waals surface area contributed by atoms with E-state index in [9.17, 15) is 4.39 Å². The van der Waals surface area contributed by atoms with Crippen LogP contribution in [0.2, 0.25) is 0 Å². The van der Waals surface area contributed by atoms with Crippen molar-refractivity contribution in [3.8, 4) is 0 Å². The molecule has 0 saturated heterocycles. The molecule has 2 aromatic rings. The van der Waals surface area contributed by atoms with Crippen molar-refractivity contribution in [1.82, 2.24) is 10.3 Å². The van der Waals surface area contributed by atoms with Crippen molar-refractivity contribution in [3.05, 3.63) is 50.6 Å². The van der Waals surface area contributed by atoms with E-state index in [2.05, 4.69) is 39.2 Å². The van der Waals surface area contributed by atoms with Crippen molar-refractivity contribution in [3.63, 3.8) is 0 Å². The highest BCUT2D eigenvalue weighted by Gasteiger charge is 2.10. The van der Waals surface area contributed by atoms with Crippen LogP contribution >= 0.6 is 27.3 Å². The summed E-state index contributed by atoms with van der Waals surface area (Å²) in [4.78, 5) is 5.39. The van der Waals surface area contributed by atoms with E-state index in [1.165, 1.54) is 17.1 Å². The minimum absolute atomic E-state index is 0.159. The SMILES string of the molecule is CCC(NCc1ccc(Br)s1)c1ccc(F)cn1. The van der Waals surface area contributed by atoms with Crippen LogP contribution in [0.3, 0.4) is 0 Å². The molecule has 5 heteroatoms. The van der Waals surface area contributed by atoms with Crippen molar-refractivity contribution in [2.75, 3.05) is 0 Å². The lowest BCUT2D eigenvalue weighted by Crippen LogP contribution is -2.20. The molecule has 2 rings (SSSR count). The van der Waals surface area contributed by atoms with Crippen LogP contribution in [0, 0.1) is 5.82 Å². The number of hydrogen-bond acceptors (Lipinski definition) is 3. The molecule has 0 aromatic carbocycles. The molecule has 0 bridgehead atoms. The van der Waals surface area contributed by atoms with Gasteiger partial charge in [-0.2, -0.15) is 0 Å². The lowest BCUT2D eigenvalue weighted by molar-refractivity contribution is 0.506. The number of rotatable bonds is 5. The summed E-state index contributed by atoms with van der Waals surface area (Å²) in [6, 6.07) is 7.48. The van der Waals surface area contributed by atoms with Crippen molar-refractivity contribution < 1.29 is 4.39 Å². The normalized spacial score (nSPS) is 12.6. The van der Waals surface area contributed by atoms with Gasteiger partial charge < -0.3 is 5.32 Å². The molecule has 1 N–H and O–H groups in total. The Morgan fingerprint density at radius 1 is 1.39 bits per heavy atom. The van der Waals surface area contributed by atoms with Gasteiger partial charge in [-0.3, -0.25) is 4.98 Å². The zero-order chi connectivity index (χ0) is 13.0. The highest BCUT2D eigenvalue weighted by molar-refractivity contribution is 9.11. The first kappa shape index (κ1) is 13.6. The maximum Gasteiger partial charge on any atom is 0.141 e. The molecular formula is C13H14BrFN2S. The van der Waals surface area contributed by atoms with E-state index in [1.807, 2.05) is 6.07 Å². The number of hydrogen-bond donors (Lipinski definition) is 1. The minimum Gasteiger partial charge on any atom is -0.304 e. The quantitative estimate of drug-likeness (QED) is 0.885. The molecule has 96 valence electrons. The van der Waals surface area contributed by atoms with Gasteiger partial charge in [-0.05, 0) is 46.6 Å². The first-order valence-corrected chi connectivity index (χ1v) is 7.39. The first-order chi connectivity index (χ1) is 8.69. The van der Waals surface area contributed by atoms with Gasteiger partial charge in [-0.15, -0.1) is 11.3 Å².